The summed E-state index contributed by atoms with van der Waals surface area (Å²) in [4.78, 5) is 4.18. The lowest BCUT2D eigenvalue weighted by Gasteiger charge is -2.07. The molecule has 0 atom stereocenters. The van der Waals surface area contributed by atoms with Crippen molar-refractivity contribution in [3.8, 4) is 0 Å². The minimum atomic E-state index is 0.653. The van der Waals surface area contributed by atoms with Crippen LogP contribution in [0.5, 0.6) is 0 Å². The fourth-order valence-electron chi connectivity index (χ4n) is 1.31. The number of rotatable bonds is 3. The molecule has 0 unspecified atom stereocenters. The van der Waals surface area contributed by atoms with Gasteiger partial charge in [-0.3, -0.25) is 0 Å². The maximum atomic E-state index is 5.76. The van der Waals surface area contributed by atoms with Gasteiger partial charge in [-0.15, -0.1) is 0 Å². The molecule has 2 rings (SSSR count). The Bertz CT molecular complexity index is 471. The molecule has 0 spiro atoms. The Balaban J connectivity index is 2.02. The number of pyridine rings is 1. The van der Waals surface area contributed by atoms with E-state index in [1.54, 1.807) is 6.20 Å². The van der Waals surface area contributed by atoms with Crippen LogP contribution in [0.15, 0.2) is 42.6 Å². The Morgan fingerprint density at radius 3 is 2.69 bits per heavy atom. The fourth-order valence-corrected chi connectivity index (χ4v) is 2.00. The topological polar surface area (TPSA) is 24.9 Å². The molecule has 16 heavy (non-hydrogen) atoms. The van der Waals surface area contributed by atoms with E-state index in [1.807, 2.05) is 24.3 Å². The number of hydrogen-bond acceptors (Lipinski definition) is 2. The molecule has 0 saturated heterocycles. The molecule has 0 bridgehead atoms. The molecule has 2 nitrogen and oxygen atoms in total. The van der Waals surface area contributed by atoms with E-state index in [9.17, 15) is 0 Å². The predicted molar refractivity (Wildman–Crippen MR) is 75.7 cm³/mol. The second kappa shape index (κ2) is 5.50. The average molecular weight is 345 g/mol. The SMILES string of the molecule is Clc1ccc(NCc2ccccc2I)nc1. The van der Waals surface area contributed by atoms with Crippen molar-refractivity contribution in [1.82, 2.24) is 4.98 Å². The van der Waals surface area contributed by atoms with E-state index in [1.165, 1.54) is 9.13 Å². The smallest absolute Gasteiger partial charge is 0.126 e. The Kier molecular flexibility index (Phi) is 4.01. The number of halogens is 2. The number of nitrogens with zero attached hydrogens (tertiary/aromatic N) is 1. The van der Waals surface area contributed by atoms with Crippen LogP contribution in [0.25, 0.3) is 0 Å². The summed E-state index contributed by atoms with van der Waals surface area (Å²) >= 11 is 8.09. The largest absolute Gasteiger partial charge is 0.366 e. The standard InChI is InChI=1S/C12H10ClIN2/c13-10-5-6-12(16-8-10)15-7-9-3-1-2-4-11(9)14/h1-6,8H,7H2,(H,15,16). The summed E-state index contributed by atoms with van der Waals surface area (Å²) in [5.74, 6) is 0.837. The van der Waals surface area contributed by atoms with E-state index in [0.717, 1.165) is 12.4 Å². The first-order valence-electron chi connectivity index (χ1n) is 4.84. The highest BCUT2D eigenvalue weighted by molar-refractivity contribution is 14.1. The summed E-state index contributed by atoms with van der Waals surface area (Å²) in [5, 5.41) is 3.91. The quantitative estimate of drug-likeness (QED) is 0.853. The lowest BCUT2D eigenvalue weighted by molar-refractivity contribution is 1.10. The lowest BCUT2D eigenvalue weighted by Crippen LogP contribution is -2.02. The lowest BCUT2D eigenvalue weighted by atomic mass is 10.2. The van der Waals surface area contributed by atoms with Crippen molar-refractivity contribution in [2.24, 2.45) is 0 Å². The van der Waals surface area contributed by atoms with Gasteiger partial charge in [0.25, 0.3) is 0 Å². The van der Waals surface area contributed by atoms with Crippen LogP contribution in [0.2, 0.25) is 5.02 Å². The minimum absolute atomic E-state index is 0.653. The normalized spacial score (nSPS) is 10.1. The van der Waals surface area contributed by atoms with Crippen LogP contribution in [0.4, 0.5) is 5.82 Å². The van der Waals surface area contributed by atoms with E-state index >= 15 is 0 Å². The van der Waals surface area contributed by atoms with Crippen LogP contribution in [0, 0.1) is 3.57 Å². The highest BCUT2D eigenvalue weighted by atomic mass is 127. The van der Waals surface area contributed by atoms with Gasteiger partial charge < -0.3 is 5.32 Å². The summed E-state index contributed by atoms with van der Waals surface area (Å²) in [6, 6.07) is 12.0. The summed E-state index contributed by atoms with van der Waals surface area (Å²) in [6.07, 6.45) is 1.64. The van der Waals surface area contributed by atoms with Crippen molar-refractivity contribution < 1.29 is 0 Å². The van der Waals surface area contributed by atoms with Gasteiger partial charge in [-0.1, -0.05) is 29.8 Å². The number of aromatic nitrogens is 1. The molecule has 1 aromatic carbocycles. The summed E-state index contributed by atoms with van der Waals surface area (Å²) < 4.78 is 1.25. The molecule has 1 heterocycles. The second-order valence-corrected chi connectivity index (χ2v) is 4.91. The van der Waals surface area contributed by atoms with Gasteiger partial charge in [0.15, 0.2) is 0 Å². The van der Waals surface area contributed by atoms with Crippen molar-refractivity contribution in [2.75, 3.05) is 5.32 Å². The van der Waals surface area contributed by atoms with Crippen molar-refractivity contribution in [3.63, 3.8) is 0 Å². The number of benzene rings is 1. The van der Waals surface area contributed by atoms with Gasteiger partial charge in [-0.2, -0.15) is 0 Å². The van der Waals surface area contributed by atoms with E-state index in [0.29, 0.717) is 5.02 Å². The molecule has 0 amide bonds. The Labute approximate surface area is 113 Å². The first-order valence-corrected chi connectivity index (χ1v) is 6.30. The minimum Gasteiger partial charge on any atom is -0.366 e. The third kappa shape index (κ3) is 3.09. The number of nitrogens with one attached hydrogen (secondary N) is 1. The van der Waals surface area contributed by atoms with Crippen molar-refractivity contribution >= 4 is 40.0 Å². The molecule has 0 aliphatic carbocycles. The van der Waals surface area contributed by atoms with Crippen molar-refractivity contribution in [2.45, 2.75) is 6.54 Å². The van der Waals surface area contributed by atoms with Gasteiger partial charge >= 0.3 is 0 Å². The van der Waals surface area contributed by atoms with Crippen LogP contribution in [-0.4, -0.2) is 4.98 Å². The molecular formula is C12H10ClIN2. The molecule has 2 aromatic rings. The van der Waals surface area contributed by atoms with Crippen molar-refractivity contribution in [1.29, 1.82) is 0 Å². The molecular weight excluding hydrogens is 335 g/mol. The van der Waals surface area contributed by atoms with E-state index in [2.05, 4.69) is 45.0 Å². The zero-order valence-electron chi connectivity index (χ0n) is 8.45. The predicted octanol–water partition coefficient (Wildman–Crippen LogP) is 3.95. The summed E-state index contributed by atoms with van der Waals surface area (Å²) in [7, 11) is 0. The summed E-state index contributed by atoms with van der Waals surface area (Å²) in [6.45, 7) is 0.772. The highest BCUT2D eigenvalue weighted by Gasteiger charge is 1.98. The van der Waals surface area contributed by atoms with Gasteiger partial charge in [0.2, 0.25) is 0 Å². The molecule has 0 saturated carbocycles. The van der Waals surface area contributed by atoms with E-state index in [-0.39, 0.29) is 0 Å². The molecule has 4 heteroatoms. The average Bonchev–Trinajstić information content (AvgIpc) is 2.30. The van der Waals surface area contributed by atoms with Gasteiger partial charge in [-0.25, -0.2) is 4.98 Å². The Morgan fingerprint density at radius 2 is 2.00 bits per heavy atom. The summed E-state index contributed by atoms with van der Waals surface area (Å²) in [5.41, 5.74) is 1.26. The number of anilines is 1. The molecule has 0 aliphatic heterocycles. The van der Waals surface area contributed by atoms with Gasteiger partial charge in [0.05, 0.1) is 5.02 Å². The molecule has 0 radical (unpaired) electrons. The van der Waals surface area contributed by atoms with E-state index < -0.39 is 0 Å². The third-order valence-electron chi connectivity index (χ3n) is 2.15. The van der Waals surface area contributed by atoms with Crippen LogP contribution >= 0.6 is 34.2 Å². The maximum Gasteiger partial charge on any atom is 0.126 e. The first-order chi connectivity index (χ1) is 7.75. The molecule has 82 valence electrons. The van der Waals surface area contributed by atoms with Crippen LogP contribution in [0.1, 0.15) is 5.56 Å². The monoisotopic (exact) mass is 344 g/mol. The van der Waals surface area contributed by atoms with Crippen LogP contribution in [0.3, 0.4) is 0 Å². The zero-order valence-corrected chi connectivity index (χ0v) is 11.4. The van der Waals surface area contributed by atoms with Gasteiger partial charge in [-0.05, 0) is 46.4 Å². The molecule has 1 aromatic heterocycles. The molecule has 0 fully saturated rings. The molecule has 0 aliphatic rings. The maximum absolute atomic E-state index is 5.76. The van der Waals surface area contributed by atoms with Gasteiger partial charge in [0.1, 0.15) is 5.82 Å². The Morgan fingerprint density at radius 1 is 1.19 bits per heavy atom. The highest BCUT2D eigenvalue weighted by Crippen LogP contribution is 2.14. The third-order valence-corrected chi connectivity index (χ3v) is 3.42. The van der Waals surface area contributed by atoms with Crippen molar-refractivity contribution in [3.05, 3.63) is 56.8 Å². The zero-order chi connectivity index (χ0) is 11.4. The van der Waals surface area contributed by atoms with Gasteiger partial charge in [0, 0.05) is 16.3 Å². The fraction of sp³-hybridized carbons (Fsp3) is 0.0833. The van der Waals surface area contributed by atoms with E-state index in [4.69, 9.17) is 11.6 Å². The number of hydrogen-bond donors (Lipinski definition) is 1. The first kappa shape index (κ1) is 11.7. The molecule has 1 N–H and O–H groups in total. The van der Waals surface area contributed by atoms with Crippen LogP contribution in [-0.2, 0) is 6.54 Å². The second-order valence-electron chi connectivity index (χ2n) is 3.31. The Hall–Kier alpha value is -0.810. The van der Waals surface area contributed by atoms with Crippen LogP contribution < -0.4 is 5.32 Å².